The molecule has 1 saturated heterocycles. The summed E-state index contributed by atoms with van der Waals surface area (Å²) in [5, 5.41) is 11.2. The molecule has 0 aliphatic carbocycles. The van der Waals surface area contributed by atoms with Gasteiger partial charge in [0.15, 0.2) is 0 Å². The predicted octanol–water partition coefficient (Wildman–Crippen LogP) is 4.26. The molecule has 7 nitrogen and oxygen atoms in total. The van der Waals surface area contributed by atoms with Crippen LogP contribution < -0.4 is 5.01 Å². The van der Waals surface area contributed by atoms with Crippen LogP contribution in [0.3, 0.4) is 0 Å². The molecule has 9 heteroatoms. The van der Waals surface area contributed by atoms with Crippen molar-refractivity contribution in [2.75, 3.05) is 11.6 Å². The van der Waals surface area contributed by atoms with Crippen LogP contribution in [0.15, 0.2) is 34.6 Å². The molecule has 4 rings (SSSR count). The highest BCUT2D eigenvalue weighted by atomic mass is 35.5. The fourth-order valence-electron chi connectivity index (χ4n) is 3.88. The molecule has 1 amide bonds. The van der Waals surface area contributed by atoms with E-state index in [9.17, 15) is 4.79 Å². The van der Waals surface area contributed by atoms with Gasteiger partial charge in [-0.15, -0.1) is 0 Å². The largest absolute Gasteiger partial charge is 0.334 e. The summed E-state index contributed by atoms with van der Waals surface area (Å²) in [6.45, 7) is 6.41. The maximum atomic E-state index is 13.1. The lowest BCUT2D eigenvalue weighted by atomic mass is 9.92. The summed E-state index contributed by atoms with van der Waals surface area (Å²) in [6.07, 6.45) is 0.711. The minimum Gasteiger partial charge on any atom is -0.334 e. The second-order valence-corrected chi connectivity index (χ2v) is 7.97. The van der Waals surface area contributed by atoms with E-state index in [-0.39, 0.29) is 29.1 Å². The molecule has 1 aromatic heterocycles. The van der Waals surface area contributed by atoms with Crippen molar-refractivity contribution in [2.45, 2.75) is 45.3 Å². The van der Waals surface area contributed by atoms with E-state index < -0.39 is 0 Å². The fourth-order valence-corrected chi connectivity index (χ4v) is 4.26. The van der Waals surface area contributed by atoms with Crippen molar-refractivity contribution in [3.8, 4) is 0 Å². The molecule has 0 saturated carbocycles. The third kappa shape index (κ3) is 3.22. The molecule has 1 fully saturated rings. The summed E-state index contributed by atoms with van der Waals surface area (Å²) < 4.78 is 0. The van der Waals surface area contributed by atoms with Crippen molar-refractivity contribution in [3.63, 3.8) is 0 Å². The van der Waals surface area contributed by atoms with E-state index in [1.54, 1.807) is 28.1 Å². The number of anilines is 1. The average molecular weight is 419 g/mol. The molecule has 3 atom stereocenters. The highest BCUT2D eigenvalue weighted by Crippen LogP contribution is 2.34. The maximum Gasteiger partial charge on any atom is 0.255 e. The van der Waals surface area contributed by atoms with E-state index in [0.29, 0.717) is 29.5 Å². The molecule has 28 heavy (non-hydrogen) atoms. The van der Waals surface area contributed by atoms with Gasteiger partial charge in [-0.2, -0.15) is 5.11 Å². The van der Waals surface area contributed by atoms with Crippen molar-refractivity contribution in [3.05, 3.63) is 51.3 Å². The van der Waals surface area contributed by atoms with Gasteiger partial charge in [-0.05, 0) is 45.4 Å². The standard InChI is InChI=1S/C19H20Cl2N6O/c1-10-9-11(2)23-19(22-10)27-15-7-8-26(12(3)17(15)24-25-27)18(28)13-5-4-6-14(20)16(13)21/h4-6,9,12,15,17H,7-8H2,1-3H3. The maximum absolute atomic E-state index is 13.1. The van der Waals surface area contributed by atoms with Gasteiger partial charge in [-0.1, -0.05) is 34.5 Å². The van der Waals surface area contributed by atoms with Gasteiger partial charge in [-0.25, -0.2) is 15.0 Å². The molecule has 1 aromatic carbocycles. The molecule has 0 spiro atoms. The molecule has 3 unspecified atom stereocenters. The van der Waals surface area contributed by atoms with E-state index in [4.69, 9.17) is 23.2 Å². The highest BCUT2D eigenvalue weighted by molar-refractivity contribution is 6.43. The van der Waals surface area contributed by atoms with Crippen LogP contribution in [-0.2, 0) is 0 Å². The third-order valence-corrected chi connectivity index (χ3v) is 6.08. The molecule has 146 valence electrons. The highest BCUT2D eigenvalue weighted by Gasteiger charge is 2.45. The predicted molar refractivity (Wildman–Crippen MR) is 108 cm³/mol. The number of piperidine rings is 1. The minimum atomic E-state index is -0.153. The Morgan fingerprint density at radius 2 is 1.89 bits per heavy atom. The second-order valence-electron chi connectivity index (χ2n) is 7.19. The SMILES string of the molecule is Cc1cc(C)nc(N2N=NC3C(C)N(C(=O)c4cccc(Cl)c4Cl)CCC32)n1. The van der Waals surface area contributed by atoms with Gasteiger partial charge < -0.3 is 4.90 Å². The van der Waals surface area contributed by atoms with E-state index in [1.165, 1.54) is 0 Å². The summed E-state index contributed by atoms with van der Waals surface area (Å²) in [7, 11) is 0. The van der Waals surface area contributed by atoms with Crippen LogP contribution in [0.2, 0.25) is 10.0 Å². The Balaban J connectivity index is 1.57. The Kier molecular flexibility index (Phi) is 4.97. The zero-order valence-electron chi connectivity index (χ0n) is 15.8. The number of aromatic nitrogens is 2. The first-order chi connectivity index (χ1) is 13.4. The van der Waals surface area contributed by atoms with Gasteiger partial charge in [0.25, 0.3) is 5.91 Å². The molecular formula is C19H20Cl2N6O. The van der Waals surface area contributed by atoms with E-state index >= 15 is 0 Å². The Bertz CT molecular complexity index is 945. The van der Waals surface area contributed by atoms with Crippen molar-refractivity contribution in [2.24, 2.45) is 10.3 Å². The lowest BCUT2D eigenvalue weighted by molar-refractivity contribution is 0.0594. The second kappa shape index (κ2) is 7.29. The van der Waals surface area contributed by atoms with Crippen LogP contribution in [0, 0.1) is 13.8 Å². The van der Waals surface area contributed by atoms with E-state index in [0.717, 1.165) is 11.4 Å². The van der Waals surface area contributed by atoms with Crippen molar-refractivity contribution in [1.29, 1.82) is 0 Å². The number of amides is 1. The number of likely N-dealkylation sites (tertiary alicyclic amines) is 1. The van der Waals surface area contributed by atoms with Gasteiger partial charge in [0.05, 0.1) is 27.7 Å². The average Bonchev–Trinajstić information content (AvgIpc) is 3.08. The molecular weight excluding hydrogens is 399 g/mol. The van der Waals surface area contributed by atoms with Crippen LogP contribution in [0.5, 0.6) is 0 Å². The lowest BCUT2D eigenvalue weighted by Gasteiger charge is -2.40. The molecule has 2 aliphatic rings. The molecule has 0 radical (unpaired) electrons. The first kappa shape index (κ1) is 19.1. The number of hydrogen-bond acceptors (Lipinski definition) is 6. The van der Waals surface area contributed by atoms with E-state index in [2.05, 4.69) is 20.3 Å². The van der Waals surface area contributed by atoms with Crippen LogP contribution in [0.4, 0.5) is 5.95 Å². The van der Waals surface area contributed by atoms with Crippen LogP contribution >= 0.6 is 23.2 Å². The van der Waals surface area contributed by atoms with E-state index in [1.807, 2.05) is 26.8 Å². The number of carbonyl (C=O) groups is 1. The van der Waals surface area contributed by atoms with Crippen molar-refractivity contribution < 1.29 is 4.79 Å². The van der Waals surface area contributed by atoms with Crippen LogP contribution in [-0.4, -0.2) is 45.4 Å². The smallest absolute Gasteiger partial charge is 0.255 e. The van der Waals surface area contributed by atoms with Gasteiger partial charge in [0.2, 0.25) is 5.95 Å². The number of carbonyl (C=O) groups excluding carboxylic acids is 1. The summed E-state index contributed by atoms with van der Waals surface area (Å²) in [5.41, 5.74) is 2.18. The minimum absolute atomic E-state index is 0.0232. The number of nitrogens with zero attached hydrogens (tertiary/aromatic N) is 6. The zero-order valence-corrected chi connectivity index (χ0v) is 17.3. The number of fused-ring (bicyclic) bond motifs is 1. The first-order valence-corrected chi connectivity index (χ1v) is 9.89. The van der Waals surface area contributed by atoms with Gasteiger partial charge in [0.1, 0.15) is 6.04 Å². The van der Waals surface area contributed by atoms with Crippen LogP contribution in [0.1, 0.15) is 35.1 Å². The number of rotatable bonds is 2. The normalized spacial score (nSPS) is 23.8. The van der Waals surface area contributed by atoms with Gasteiger partial charge in [-0.3, -0.25) is 4.79 Å². The van der Waals surface area contributed by atoms with Gasteiger partial charge in [0, 0.05) is 17.9 Å². The molecule has 0 N–H and O–H groups in total. The first-order valence-electron chi connectivity index (χ1n) is 9.14. The van der Waals surface area contributed by atoms with Gasteiger partial charge >= 0.3 is 0 Å². The summed E-state index contributed by atoms with van der Waals surface area (Å²) >= 11 is 12.3. The van der Waals surface area contributed by atoms with Crippen molar-refractivity contribution in [1.82, 2.24) is 14.9 Å². The fraction of sp³-hybridized carbons (Fsp3) is 0.421. The topological polar surface area (TPSA) is 74.1 Å². The number of aryl methyl sites for hydroxylation is 2. The Hall–Kier alpha value is -2.25. The third-order valence-electron chi connectivity index (χ3n) is 5.26. The summed E-state index contributed by atoms with van der Waals surface area (Å²) in [4.78, 5) is 23.9. The number of benzene rings is 1. The van der Waals surface area contributed by atoms with Crippen LogP contribution in [0.25, 0.3) is 0 Å². The number of hydrogen-bond donors (Lipinski definition) is 0. The quantitative estimate of drug-likeness (QED) is 0.729. The molecule has 0 bridgehead atoms. The number of halogens is 2. The summed E-state index contributed by atoms with van der Waals surface area (Å²) in [6, 6.07) is 6.75. The molecule has 3 heterocycles. The Labute approximate surface area is 173 Å². The lowest BCUT2D eigenvalue weighted by Crippen LogP contribution is -2.56. The Morgan fingerprint density at radius 3 is 2.61 bits per heavy atom. The zero-order chi connectivity index (χ0) is 20.0. The summed E-state index contributed by atoms with van der Waals surface area (Å²) in [5.74, 6) is 0.411. The Morgan fingerprint density at radius 1 is 1.18 bits per heavy atom. The molecule has 2 aromatic rings. The van der Waals surface area contributed by atoms with Crippen molar-refractivity contribution >= 4 is 35.1 Å². The molecule has 2 aliphatic heterocycles. The monoisotopic (exact) mass is 418 g/mol.